The van der Waals surface area contributed by atoms with Gasteiger partial charge >= 0.3 is 12.4 Å². The lowest BCUT2D eigenvalue weighted by Crippen LogP contribution is -2.14. The third kappa shape index (κ3) is 2.66. The molecule has 0 radical (unpaired) electrons. The van der Waals surface area contributed by atoms with Crippen LogP contribution in [0.2, 0.25) is 0 Å². The van der Waals surface area contributed by atoms with Gasteiger partial charge in [-0.05, 0) is 0 Å². The Morgan fingerprint density at radius 1 is 1.00 bits per heavy atom. The van der Waals surface area contributed by atoms with E-state index in [9.17, 15) is 26.3 Å². The summed E-state index contributed by atoms with van der Waals surface area (Å²) in [6.45, 7) is 2.97. The molecule has 0 spiro atoms. The highest BCUT2D eigenvalue weighted by molar-refractivity contribution is 7.12. The highest BCUT2D eigenvalue weighted by Gasteiger charge is 2.47. The molecule has 0 amide bonds. The first-order chi connectivity index (χ1) is 7.03. The Balaban J connectivity index is 3.36. The fourth-order valence-corrected chi connectivity index (χ4v) is 1.92. The van der Waals surface area contributed by atoms with Gasteiger partial charge in [0.15, 0.2) is 5.69 Å². The minimum Gasteiger partial charge on any atom is -0.236 e. The monoisotopic (exact) mass is 263 g/mol. The third-order valence-corrected chi connectivity index (χ3v) is 3.06. The maximum absolute atomic E-state index is 12.3. The van der Waals surface area contributed by atoms with Gasteiger partial charge in [0.1, 0.15) is 4.88 Å². The maximum atomic E-state index is 12.3. The van der Waals surface area contributed by atoms with Gasteiger partial charge in [-0.2, -0.15) is 26.3 Å². The molecule has 16 heavy (non-hydrogen) atoms. The Kier molecular flexibility index (Phi) is 3.24. The molecule has 1 rings (SSSR count). The van der Waals surface area contributed by atoms with E-state index in [2.05, 4.69) is 4.98 Å². The highest BCUT2D eigenvalue weighted by Crippen LogP contribution is 2.44. The summed E-state index contributed by atoms with van der Waals surface area (Å²) in [6.07, 6.45) is -10.1. The predicted molar refractivity (Wildman–Crippen MR) is 46.2 cm³/mol. The third-order valence-electron chi connectivity index (χ3n) is 1.66. The second kappa shape index (κ2) is 3.90. The molecular formula is C8H7F6NS. The molecule has 0 aliphatic rings. The number of halogens is 6. The molecule has 1 nitrogen and oxygen atoms in total. The average molecular weight is 263 g/mol. The van der Waals surface area contributed by atoms with Crippen molar-refractivity contribution >= 4 is 11.3 Å². The summed E-state index contributed by atoms with van der Waals surface area (Å²) in [4.78, 5) is 1.34. The van der Waals surface area contributed by atoms with Crippen LogP contribution in [0.5, 0.6) is 0 Å². The molecule has 1 heterocycles. The zero-order chi connectivity index (χ0) is 12.7. The number of aromatic nitrogens is 1. The van der Waals surface area contributed by atoms with E-state index in [1.807, 2.05) is 0 Å². The number of nitrogens with zero attached hydrogens (tertiary/aromatic N) is 1. The van der Waals surface area contributed by atoms with Crippen LogP contribution < -0.4 is 0 Å². The van der Waals surface area contributed by atoms with E-state index in [1.165, 1.54) is 13.8 Å². The van der Waals surface area contributed by atoms with Crippen molar-refractivity contribution in [3.63, 3.8) is 0 Å². The van der Waals surface area contributed by atoms with Gasteiger partial charge in [0.25, 0.3) is 0 Å². The van der Waals surface area contributed by atoms with Crippen LogP contribution >= 0.6 is 11.3 Å². The number of rotatable bonds is 1. The lowest BCUT2D eigenvalue weighted by Gasteiger charge is -2.08. The van der Waals surface area contributed by atoms with Crippen molar-refractivity contribution in [2.75, 3.05) is 0 Å². The standard InChI is InChI=1S/C8H7F6NS/c1-3(2)6-15-4(7(9,10)11)5(16-6)8(12,13)14/h3H,1-2H3. The quantitative estimate of drug-likeness (QED) is 0.688. The van der Waals surface area contributed by atoms with Crippen LogP contribution in [0.15, 0.2) is 0 Å². The first-order valence-corrected chi connectivity index (χ1v) is 5.00. The van der Waals surface area contributed by atoms with E-state index in [-0.39, 0.29) is 16.3 Å². The van der Waals surface area contributed by atoms with Crippen LogP contribution in [-0.2, 0) is 12.4 Å². The molecule has 0 aliphatic heterocycles. The molecule has 0 bridgehead atoms. The fourth-order valence-electron chi connectivity index (χ4n) is 0.968. The molecule has 0 atom stereocenters. The Morgan fingerprint density at radius 2 is 1.50 bits per heavy atom. The van der Waals surface area contributed by atoms with Crippen LogP contribution in [0, 0.1) is 0 Å². The molecule has 0 saturated heterocycles. The van der Waals surface area contributed by atoms with E-state index in [0.29, 0.717) is 0 Å². The zero-order valence-corrected chi connectivity index (χ0v) is 9.02. The van der Waals surface area contributed by atoms with Crippen molar-refractivity contribution in [2.24, 2.45) is 0 Å². The van der Waals surface area contributed by atoms with Gasteiger partial charge in [-0.3, -0.25) is 0 Å². The average Bonchev–Trinajstić information content (AvgIpc) is 2.44. The van der Waals surface area contributed by atoms with Crippen molar-refractivity contribution in [1.82, 2.24) is 4.98 Å². The van der Waals surface area contributed by atoms with Gasteiger partial charge in [-0.1, -0.05) is 13.8 Å². The molecule has 92 valence electrons. The minimum atomic E-state index is -5.07. The van der Waals surface area contributed by atoms with E-state index in [0.717, 1.165) is 0 Å². The molecular weight excluding hydrogens is 256 g/mol. The van der Waals surface area contributed by atoms with Gasteiger partial charge in [-0.25, -0.2) is 4.98 Å². The van der Waals surface area contributed by atoms with Crippen LogP contribution in [0.25, 0.3) is 0 Å². The van der Waals surface area contributed by atoms with Gasteiger partial charge in [0, 0.05) is 5.92 Å². The highest BCUT2D eigenvalue weighted by atomic mass is 32.1. The zero-order valence-electron chi connectivity index (χ0n) is 8.20. The molecule has 0 saturated carbocycles. The summed E-state index contributed by atoms with van der Waals surface area (Å²) in [6, 6.07) is 0. The Morgan fingerprint density at radius 3 is 1.75 bits per heavy atom. The van der Waals surface area contributed by atoms with E-state index in [4.69, 9.17) is 0 Å². The van der Waals surface area contributed by atoms with E-state index < -0.39 is 28.8 Å². The van der Waals surface area contributed by atoms with Crippen molar-refractivity contribution in [3.8, 4) is 0 Å². The summed E-state index contributed by atoms with van der Waals surface area (Å²) >= 11 is 0.0453. The van der Waals surface area contributed by atoms with Crippen molar-refractivity contribution < 1.29 is 26.3 Å². The number of thiazole rings is 1. The van der Waals surface area contributed by atoms with Crippen LogP contribution in [0.3, 0.4) is 0 Å². The molecule has 0 N–H and O–H groups in total. The van der Waals surface area contributed by atoms with Gasteiger partial charge in [0.2, 0.25) is 0 Å². The smallest absolute Gasteiger partial charge is 0.236 e. The van der Waals surface area contributed by atoms with Crippen LogP contribution in [-0.4, -0.2) is 4.98 Å². The van der Waals surface area contributed by atoms with Crippen molar-refractivity contribution in [3.05, 3.63) is 15.6 Å². The number of alkyl halides is 6. The largest absolute Gasteiger partial charge is 0.434 e. The number of hydrogen-bond acceptors (Lipinski definition) is 2. The first kappa shape index (κ1) is 13.3. The van der Waals surface area contributed by atoms with Gasteiger partial charge in [-0.15, -0.1) is 11.3 Å². The molecule has 0 unspecified atom stereocenters. The summed E-state index contributed by atoms with van der Waals surface area (Å²) in [5.41, 5.74) is -1.84. The van der Waals surface area contributed by atoms with Gasteiger partial charge < -0.3 is 0 Å². The van der Waals surface area contributed by atoms with Crippen molar-refractivity contribution in [2.45, 2.75) is 32.1 Å². The minimum absolute atomic E-state index is 0.0453. The summed E-state index contributed by atoms with van der Waals surface area (Å²) in [5.74, 6) is -0.470. The molecule has 1 aromatic heterocycles. The van der Waals surface area contributed by atoms with E-state index in [1.54, 1.807) is 0 Å². The summed E-state index contributed by atoms with van der Waals surface area (Å²) < 4.78 is 73.9. The molecule has 0 aromatic carbocycles. The second-order valence-corrected chi connectivity index (χ2v) is 4.41. The Labute approximate surface area is 91.1 Å². The number of hydrogen-bond donors (Lipinski definition) is 0. The first-order valence-electron chi connectivity index (χ1n) is 4.18. The fraction of sp³-hybridized carbons (Fsp3) is 0.625. The summed E-state index contributed by atoms with van der Waals surface area (Å²) in [5, 5.41) is -0.167. The maximum Gasteiger partial charge on any atom is 0.434 e. The van der Waals surface area contributed by atoms with Gasteiger partial charge in [0.05, 0.1) is 5.01 Å². The SMILES string of the molecule is CC(C)c1nc(C(F)(F)F)c(C(F)(F)F)s1. The molecule has 0 aliphatic carbocycles. The predicted octanol–water partition coefficient (Wildman–Crippen LogP) is 4.30. The normalized spacial score (nSPS) is 13.6. The van der Waals surface area contributed by atoms with Crippen LogP contribution in [0.4, 0.5) is 26.3 Å². The Bertz CT molecular complexity index is 343. The summed E-state index contributed by atoms with van der Waals surface area (Å²) in [7, 11) is 0. The lowest BCUT2D eigenvalue weighted by atomic mass is 10.2. The van der Waals surface area contributed by atoms with Crippen LogP contribution in [0.1, 0.15) is 35.3 Å². The molecule has 0 fully saturated rings. The Hall–Kier alpha value is -0.790. The molecule has 1 aromatic rings. The van der Waals surface area contributed by atoms with E-state index >= 15 is 0 Å². The topological polar surface area (TPSA) is 12.9 Å². The second-order valence-electron chi connectivity index (χ2n) is 3.38. The van der Waals surface area contributed by atoms with Crippen molar-refractivity contribution in [1.29, 1.82) is 0 Å². The molecule has 8 heteroatoms. The lowest BCUT2D eigenvalue weighted by molar-refractivity contribution is -0.162.